The summed E-state index contributed by atoms with van der Waals surface area (Å²) >= 11 is 0. The summed E-state index contributed by atoms with van der Waals surface area (Å²) in [5, 5.41) is 2.82. The summed E-state index contributed by atoms with van der Waals surface area (Å²) in [6, 6.07) is 7.44. The van der Waals surface area contributed by atoms with Crippen molar-refractivity contribution in [3.8, 4) is 11.5 Å². The zero-order valence-corrected chi connectivity index (χ0v) is 14.7. The van der Waals surface area contributed by atoms with Crippen LogP contribution in [0.2, 0.25) is 0 Å². The highest BCUT2D eigenvalue weighted by molar-refractivity contribution is 5.91. The van der Waals surface area contributed by atoms with Gasteiger partial charge in [0.05, 0.1) is 6.20 Å². The Balaban J connectivity index is 1.84. The zero-order chi connectivity index (χ0) is 17.4. The molecule has 0 spiro atoms. The molecular weight excluding hydrogens is 304 g/mol. The van der Waals surface area contributed by atoms with Gasteiger partial charge in [-0.1, -0.05) is 33.6 Å². The van der Waals surface area contributed by atoms with Crippen molar-refractivity contribution in [1.82, 2.24) is 4.98 Å². The summed E-state index contributed by atoms with van der Waals surface area (Å²) in [7, 11) is 0. The lowest BCUT2D eigenvalue weighted by atomic mass is 10.2. The lowest BCUT2D eigenvalue weighted by Crippen LogP contribution is -2.18. The number of ether oxygens (including phenoxy) is 1. The molecule has 1 aromatic heterocycles. The van der Waals surface area contributed by atoms with Crippen LogP contribution in [0.1, 0.15) is 51.7 Å². The van der Waals surface area contributed by atoms with Gasteiger partial charge in [0.1, 0.15) is 12.4 Å². The van der Waals surface area contributed by atoms with E-state index in [1.807, 2.05) is 24.3 Å². The molecule has 1 heterocycles. The van der Waals surface area contributed by atoms with Crippen molar-refractivity contribution in [2.45, 2.75) is 46.0 Å². The number of aromatic nitrogens is 1. The third kappa shape index (κ3) is 5.49. The average Bonchev–Trinajstić information content (AvgIpc) is 3.06. The Labute approximate surface area is 143 Å². The van der Waals surface area contributed by atoms with Gasteiger partial charge in [0, 0.05) is 23.8 Å². The van der Waals surface area contributed by atoms with Crippen LogP contribution in [-0.4, -0.2) is 24.1 Å². The number of hydrogen-bond acceptors (Lipinski definition) is 4. The number of oxazole rings is 1. The molecule has 0 unspecified atom stereocenters. The van der Waals surface area contributed by atoms with Crippen molar-refractivity contribution in [1.29, 1.82) is 0 Å². The molecule has 0 radical (unpaired) electrons. The quantitative estimate of drug-likeness (QED) is 0.682. The van der Waals surface area contributed by atoms with Crippen LogP contribution < -0.4 is 5.32 Å². The van der Waals surface area contributed by atoms with Gasteiger partial charge in [0.15, 0.2) is 0 Å². The molecule has 2 rings (SSSR count). The maximum atomic E-state index is 11.8. The predicted molar refractivity (Wildman–Crippen MR) is 95.0 cm³/mol. The summed E-state index contributed by atoms with van der Waals surface area (Å²) in [6.07, 6.45) is 5.02. The number of unbranched alkanes of at least 4 members (excludes halogenated alkanes) is 2. The third-order valence-corrected chi connectivity index (χ3v) is 3.63. The zero-order valence-electron chi connectivity index (χ0n) is 14.7. The monoisotopic (exact) mass is 330 g/mol. The maximum Gasteiger partial charge on any atom is 0.250 e. The molecule has 0 bridgehead atoms. The Morgan fingerprint density at radius 3 is 2.62 bits per heavy atom. The fraction of sp³-hybridized carbons (Fsp3) is 0.474. The smallest absolute Gasteiger partial charge is 0.250 e. The molecule has 2 aromatic rings. The first-order valence-electron chi connectivity index (χ1n) is 8.54. The van der Waals surface area contributed by atoms with E-state index in [1.54, 1.807) is 6.20 Å². The van der Waals surface area contributed by atoms with Crippen LogP contribution >= 0.6 is 0 Å². The van der Waals surface area contributed by atoms with Gasteiger partial charge in [0.25, 0.3) is 0 Å². The lowest BCUT2D eigenvalue weighted by Gasteiger charge is -2.06. The van der Waals surface area contributed by atoms with E-state index in [4.69, 9.17) is 9.15 Å². The minimum atomic E-state index is -0.141. The highest BCUT2D eigenvalue weighted by atomic mass is 16.5. The van der Waals surface area contributed by atoms with Crippen molar-refractivity contribution in [2.75, 3.05) is 18.5 Å². The van der Waals surface area contributed by atoms with Gasteiger partial charge in [-0.3, -0.25) is 4.79 Å². The fourth-order valence-corrected chi connectivity index (χ4v) is 2.20. The molecule has 5 nitrogen and oxygen atoms in total. The number of benzene rings is 1. The first-order chi connectivity index (χ1) is 11.6. The Hall–Kier alpha value is -2.14. The van der Waals surface area contributed by atoms with Gasteiger partial charge in [0.2, 0.25) is 11.8 Å². The molecule has 24 heavy (non-hydrogen) atoms. The summed E-state index contributed by atoms with van der Waals surface area (Å²) < 4.78 is 11.1. The largest absolute Gasteiger partial charge is 0.441 e. The molecule has 1 N–H and O–H groups in total. The molecule has 0 aliphatic heterocycles. The van der Waals surface area contributed by atoms with E-state index < -0.39 is 0 Å². The highest BCUT2D eigenvalue weighted by Crippen LogP contribution is 2.24. The van der Waals surface area contributed by atoms with Crippen LogP contribution in [0.25, 0.3) is 11.5 Å². The Kier molecular flexibility index (Phi) is 7.00. The molecule has 0 saturated carbocycles. The van der Waals surface area contributed by atoms with E-state index >= 15 is 0 Å². The van der Waals surface area contributed by atoms with E-state index in [9.17, 15) is 4.79 Å². The van der Waals surface area contributed by atoms with Crippen LogP contribution in [0.3, 0.4) is 0 Å². The van der Waals surface area contributed by atoms with Crippen LogP contribution in [0.15, 0.2) is 34.9 Å². The second kappa shape index (κ2) is 9.23. The SMILES string of the molecule is CCCCCOCC(=O)Nc1ccc(-c2ncc(C(C)C)o2)cc1. The number of hydrogen-bond donors (Lipinski definition) is 1. The summed E-state index contributed by atoms with van der Waals surface area (Å²) in [5.41, 5.74) is 1.62. The minimum absolute atomic E-state index is 0.0863. The van der Waals surface area contributed by atoms with E-state index in [-0.39, 0.29) is 12.5 Å². The van der Waals surface area contributed by atoms with Gasteiger partial charge in [-0.15, -0.1) is 0 Å². The third-order valence-electron chi connectivity index (χ3n) is 3.63. The standard InChI is InChI=1S/C19H26N2O3/c1-4-5-6-11-23-13-18(22)21-16-9-7-15(8-10-16)19-20-12-17(24-19)14(2)3/h7-10,12,14H,4-6,11,13H2,1-3H3,(H,21,22). The molecule has 0 aliphatic rings. The number of carbonyl (C=O) groups excluding carboxylic acids is 1. The van der Waals surface area contributed by atoms with Crippen molar-refractivity contribution in [3.05, 3.63) is 36.2 Å². The number of rotatable bonds is 9. The molecule has 1 amide bonds. The predicted octanol–water partition coefficient (Wildman–Crippen LogP) is 4.61. The Morgan fingerprint density at radius 1 is 1.25 bits per heavy atom. The summed E-state index contributed by atoms with van der Waals surface area (Å²) in [6.45, 7) is 6.98. The van der Waals surface area contributed by atoms with E-state index in [0.29, 0.717) is 18.4 Å². The molecular formula is C19H26N2O3. The first kappa shape index (κ1) is 18.2. The first-order valence-corrected chi connectivity index (χ1v) is 8.54. The van der Waals surface area contributed by atoms with Crippen molar-refractivity contribution >= 4 is 11.6 Å². The van der Waals surface area contributed by atoms with Crippen LogP contribution in [0.4, 0.5) is 5.69 Å². The van der Waals surface area contributed by atoms with E-state index in [2.05, 4.69) is 31.1 Å². The Bertz CT molecular complexity index is 632. The van der Waals surface area contributed by atoms with Gasteiger partial charge >= 0.3 is 0 Å². The molecule has 0 saturated heterocycles. The Morgan fingerprint density at radius 2 is 2.00 bits per heavy atom. The molecule has 0 fully saturated rings. The normalized spacial score (nSPS) is 11.0. The van der Waals surface area contributed by atoms with Crippen LogP contribution in [0.5, 0.6) is 0 Å². The second-order valence-corrected chi connectivity index (χ2v) is 6.11. The molecule has 130 valence electrons. The van der Waals surface area contributed by atoms with Gasteiger partial charge in [-0.2, -0.15) is 0 Å². The summed E-state index contributed by atoms with van der Waals surface area (Å²) in [5.74, 6) is 1.62. The molecule has 1 aromatic carbocycles. The molecule has 5 heteroatoms. The second-order valence-electron chi connectivity index (χ2n) is 6.11. The highest BCUT2D eigenvalue weighted by Gasteiger charge is 2.09. The number of anilines is 1. The maximum absolute atomic E-state index is 11.8. The lowest BCUT2D eigenvalue weighted by molar-refractivity contribution is -0.120. The summed E-state index contributed by atoms with van der Waals surface area (Å²) in [4.78, 5) is 16.1. The van der Waals surface area contributed by atoms with Gasteiger partial charge in [-0.05, 0) is 30.7 Å². The van der Waals surface area contributed by atoms with Crippen LogP contribution in [0, 0.1) is 0 Å². The average molecular weight is 330 g/mol. The number of nitrogens with zero attached hydrogens (tertiary/aromatic N) is 1. The van der Waals surface area contributed by atoms with Crippen molar-refractivity contribution in [2.24, 2.45) is 0 Å². The number of carbonyl (C=O) groups is 1. The van der Waals surface area contributed by atoms with Crippen molar-refractivity contribution in [3.63, 3.8) is 0 Å². The van der Waals surface area contributed by atoms with Crippen LogP contribution in [-0.2, 0) is 9.53 Å². The van der Waals surface area contributed by atoms with E-state index in [1.165, 1.54) is 0 Å². The number of amides is 1. The minimum Gasteiger partial charge on any atom is -0.441 e. The number of nitrogens with one attached hydrogen (secondary N) is 1. The topological polar surface area (TPSA) is 64.4 Å². The van der Waals surface area contributed by atoms with Crippen molar-refractivity contribution < 1.29 is 13.9 Å². The molecule has 0 aliphatic carbocycles. The van der Waals surface area contributed by atoms with Gasteiger partial charge < -0.3 is 14.5 Å². The molecule has 0 atom stereocenters. The van der Waals surface area contributed by atoms with E-state index in [0.717, 1.165) is 36.3 Å². The fourth-order valence-electron chi connectivity index (χ4n) is 2.20. The van der Waals surface area contributed by atoms with Gasteiger partial charge in [-0.25, -0.2) is 4.98 Å².